The fourth-order valence-electron chi connectivity index (χ4n) is 1.73. The number of alkyl carbamates (subject to hydrolysis) is 1. The molecule has 0 aliphatic carbocycles. The molecule has 1 N–H and O–H groups in total. The Morgan fingerprint density at radius 2 is 2.20 bits per heavy atom. The van der Waals surface area contributed by atoms with Gasteiger partial charge in [0.1, 0.15) is 5.60 Å². The summed E-state index contributed by atoms with van der Waals surface area (Å²) in [4.78, 5) is 13.6. The highest BCUT2D eigenvalue weighted by Crippen LogP contribution is 2.13. The van der Waals surface area contributed by atoms with Crippen LogP contribution in [0.2, 0.25) is 0 Å². The summed E-state index contributed by atoms with van der Waals surface area (Å²) >= 11 is 0. The molecular formula is C11H22N2O2. The van der Waals surface area contributed by atoms with Crippen LogP contribution in [0.3, 0.4) is 0 Å². The lowest BCUT2D eigenvalue weighted by Gasteiger charge is -2.20. The molecule has 1 aliphatic heterocycles. The molecule has 1 fully saturated rings. The number of hydrogen-bond donors (Lipinski definition) is 1. The molecule has 1 amide bonds. The number of nitrogens with zero attached hydrogens (tertiary/aromatic N) is 1. The molecule has 15 heavy (non-hydrogen) atoms. The highest BCUT2D eigenvalue weighted by molar-refractivity contribution is 5.67. The third-order valence-electron chi connectivity index (χ3n) is 2.42. The normalized spacial score (nSPS) is 22.8. The van der Waals surface area contributed by atoms with Crippen LogP contribution in [0.5, 0.6) is 0 Å². The predicted octanol–water partition coefficient (Wildman–Crippen LogP) is 1.46. The van der Waals surface area contributed by atoms with Gasteiger partial charge in [0.05, 0.1) is 0 Å². The molecule has 0 aromatic rings. The van der Waals surface area contributed by atoms with Crippen LogP contribution >= 0.6 is 0 Å². The molecule has 4 heteroatoms. The Balaban J connectivity index is 2.17. The van der Waals surface area contributed by atoms with Crippen molar-refractivity contribution >= 4 is 6.09 Å². The molecule has 0 bridgehead atoms. The van der Waals surface area contributed by atoms with Gasteiger partial charge in [0.2, 0.25) is 0 Å². The van der Waals surface area contributed by atoms with Gasteiger partial charge in [-0.25, -0.2) is 4.79 Å². The summed E-state index contributed by atoms with van der Waals surface area (Å²) in [5, 5.41) is 2.81. The maximum Gasteiger partial charge on any atom is 0.407 e. The van der Waals surface area contributed by atoms with Crippen LogP contribution in [0.4, 0.5) is 4.79 Å². The number of amides is 1. The third kappa shape index (κ3) is 5.02. The van der Waals surface area contributed by atoms with Crippen LogP contribution in [-0.2, 0) is 4.74 Å². The SMILES string of the molecule is CN1CCC(CNC(=O)OC(C)(C)C)C1. The summed E-state index contributed by atoms with van der Waals surface area (Å²) in [6.07, 6.45) is 0.851. The molecule has 0 saturated carbocycles. The zero-order valence-corrected chi connectivity index (χ0v) is 10.2. The second-order valence-electron chi connectivity index (χ2n) is 5.30. The smallest absolute Gasteiger partial charge is 0.407 e. The van der Waals surface area contributed by atoms with E-state index in [1.54, 1.807) is 0 Å². The maximum atomic E-state index is 11.3. The first-order valence-corrected chi connectivity index (χ1v) is 5.52. The van der Waals surface area contributed by atoms with Gasteiger partial charge in [-0.3, -0.25) is 0 Å². The topological polar surface area (TPSA) is 41.6 Å². The lowest BCUT2D eigenvalue weighted by molar-refractivity contribution is 0.0520. The van der Waals surface area contributed by atoms with Crippen molar-refractivity contribution < 1.29 is 9.53 Å². The summed E-state index contributed by atoms with van der Waals surface area (Å²) in [6.45, 7) is 8.53. The fraction of sp³-hybridized carbons (Fsp3) is 0.909. The molecule has 0 radical (unpaired) electrons. The van der Waals surface area contributed by atoms with E-state index in [9.17, 15) is 4.79 Å². The van der Waals surface area contributed by atoms with Crippen molar-refractivity contribution in [3.05, 3.63) is 0 Å². The van der Waals surface area contributed by atoms with Gasteiger partial charge in [0, 0.05) is 13.1 Å². The van der Waals surface area contributed by atoms with E-state index in [0.717, 1.165) is 26.1 Å². The van der Waals surface area contributed by atoms with Crippen molar-refractivity contribution in [2.24, 2.45) is 5.92 Å². The van der Waals surface area contributed by atoms with E-state index in [0.29, 0.717) is 5.92 Å². The molecule has 0 spiro atoms. The monoisotopic (exact) mass is 214 g/mol. The molecule has 88 valence electrons. The van der Waals surface area contributed by atoms with Crippen LogP contribution < -0.4 is 5.32 Å². The summed E-state index contributed by atoms with van der Waals surface area (Å²) < 4.78 is 5.16. The van der Waals surface area contributed by atoms with Crippen molar-refractivity contribution in [3.8, 4) is 0 Å². The summed E-state index contributed by atoms with van der Waals surface area (Å²) in [5.41, 5.74) is -0.406. The van der Waals surface area contributed by atoms with Crippen LogP contribution in [-0.4, -0.2) is 43.3 Å². The van der Waals surface area contributed by atoms with E-state index in [2.05, 4.69) is 17.3 Å². The van der Waals surface area contributed by atoms with Crippen molar-refractivity contribution in [1.82, 2.24) is 10.2 Å². The van der Waals surface area contributed by atoms with Crippen LogP contribution in [0.15, 0.2) is 0 Å². The standard InChI is InChI=1S/C11H22N2O2/c1-11(2,3)15-10(14)12-7-9-5-6-13(4)8-9/h9H,5-8H2,1-4H3,(H,12,14). The van der Waals surface area contributed by atoms with E-state index in [4.69, 9.17) is 4.74 Å². The number of hydrogen-bond acceptors (Lipinski definition) is 3. The minimum Gasteiger partial charge on any atom is -0.444 e. The Labute approximate surface area is 92.0 Å². The van der Waals surface area contributed by atoms with Crippen LogP contribution in [0.1, 0.15) is 27.2 Å². The van der Waals surface area contributed by atoms with Gasteiger partial charge < -0.3 is 15.0 Å². The first-order chi connectivity index (χ1) is 6.87. The van der Waals surface area contributed by atoms with Gasteiger partial charge in [-0.05, 0) is 46.7 Å². The molecule has 1 heterocycles. The molecule has 0 aromatic carbocycles. The number of rotatable bonds is 2. The molecule has 1 rings (SSSR count). The Morgan fingerprint density at radius 1 is 1.53 bits per heavy atom. The molecule has 0 aromatic heterocycles. The quantitative estimate of drug-likeness (QED) is 0.756. The average Bonchev–Trinajstić information content (AvgIpc) is 2.45. The Kier molecular flexibility index (Phi) is 3.97. The van der Waals surface area contributed by atoms with E-state index in [-0.39, 0.29) is 6.09 Å². The van der Waals surface area contributed by atoms with Gasteiger partial charge >= 0.3 is 6.09 Å². The second-order valence-corrected chi connectivity index (χ2v) is 5.30. The number of carbonyl (C=O) groups excluding carboxylic acids is 1. The van der Waals surface area contributed by atoms with Crippen molar-refractivity contribution in [2.75, 3.05) is 26.7 Å². The Hall–Kier alpha value is -0.770. The predicted molar refractivity (Wildman–Crippen MR) is 59.8 cm³/mol. The number of likely N-dealkylation sites (tertiary alicyclic amines) is 1. The number of ether oxygens (including phenoxy) is 1. The van der Waals surface area contributed by atoms with Gasteiger partial charge in [-0.1, -0.05) is 0 Å². The Morgan fingerprint density at radius 3 is 2.67 bits per heavy atom. The van der Waals surface area contributed by atoms with E-state index < -0.39 is 5.60 Å². The lowest BCUT2D eigenvalue weighted by atomic mass is 10.1. The zero-order chi connectivity index (χ0) is 11.5. The molecule has 1 aliphatic rings. The van der Waals surface area contributed by atoms with Crippen molar-refractivity contribution in [3.63, 3.8) is 0 Å². The third-order valence-corrected chi connectivity index (χ3v) is 2.42. The van der Waals surface area contributed by atoms with E-state index >= 15 is 0 Å². The minimum atomic E-state index is -0.406. The molecule has 1 unspecified atom stereocenters. The minimum absolute atomic E-state index is 0.308. The summed E-state index contributed by atoms with van der Waals surface area (Å²) in [5.74, 6) is 0.572. The molecular weight excluding hydrogens is 192 g/mol. The Bertz CT molecular complexity index is 223. The highest BCUT2D eigenvalue weighted by atomic mass is 16.6. The number of nitrogens with one attached hydrogen (secondary N) is 1. The molecule has 1 saturated heterocycles. The lowest BCUT2D eigenvalue weighted by Crippen LogP contribution is -2.35. The van der Waals surface area contributed by atoms with Crippen molar-refractivity contribution in [2.45, 2.75) is 32.8 Å². The fourth-order valence-corrected chi connectivity index (χ4v) is 1.73. The first-order valence-electron chi connectivity index (χ1n) is 5.52. The van der Waals surface area contributed by atoms with E-state index in [1.807, 2.05) is 20.8 Å². The number of carbonyl (C=O) groups is 1. The summed E-state index contributed by atoms with van der Waals surface area (Å²) in [7, 11) is 2.10. The van der Waals surface area contributed by atoms with Gasteiger partial charge in [-0.15, -0.1) is 0 Å². The molecule has 4 nitrogen and oxygen atoms in total. The van der Waals surface area contributed by atoms with Gasteiger partial charge in [0.15, 0.2) is 0 Å². The van der Waals surface area contributed by atoms with Crippen LogP contribution in [0.25, 0.3) is 0 Å². The van der Waals surface area contributed by atoms with Crippen LogP contribution in [0, 0.1) is 5.92 Å². The summed E-state index contributed by atoms with van der Waals surface area (Å²) in [6, 6.07) is 0. The first kappa shape index (κ1) is 12.3. The van der Waals surface area contributed by atoms with Gasteiger partial charge in [-0.2, -0.15) is 0 Å². The maximum absolute atomic E-state index is 11.3. The van der Waals surface area contributed by atoms with Crippen molar-refractivity contribution in [1.29, 1.82) is 0 Å². The van der Waals surface area contributed by atoms with Gasteiger partial charge in [0.25, 0.3) is 0 Å². The molecule has 1 atom stereocenters. The zero-order valence-electron chi connectivity index (χ0n) is 10.2. The van der Waals surface area contributed by atoms with E-state index in [1.165, 1.54) is 0 Å². The highest BCUT2D eigenvalue weighted by Gasteiger charge is 2.21. The second kappa shape index (κ2) is 4.84. The average molecular weight is 214 g/mol. The largest absolute Gasteiger partial charge is 0.444 e.